The minimum atomic E-state index is -4.74. The number of piperidine rings is 1. The average molecular weight is 510 g/mol. The molecule has 0 unspecified atom stereocenters. The molecule has 0 spiro atoms. The van der Waals surface area contributed by atoms with Gasteiger partial charge in [-0.15, -0.1) is 13.2 Å². The van der Waals surface area contributed by atoms with Gasteiger partial charge >= 0.3 is 6.36 Å². The third kappa shape index (κ3) is 7.63. The lowest BCUT2D eigenvalue weighted by Crippen LogP contribution is -2.40. The number of likely N-dealkylation sites (tertiary alicyclic amines) is 1. The Morgan fingerprint density at radius 3 is 2.46 bits per heavy atom. The van der Waals surface area contributed by atoms with Crippen LogP contribution in [0.25, 0.3) is 0 Å². The molecule has 1 amide bonds. The van der Waals surface area contributed by atoms with Crippen LogP contribution < -0.4 is 10.1 Å². The predicted molar refractivity (Wildman–Crippen MR) is 133 cm³/mol. The fraction of sp³-hybridized carbons (Fsp3) is 0.440. The number of thioether (sulfide) groups is 1. The molecule has 1 saturated heterocycles. The Morgan fingerprint density at radius 1 is 1.23 bits per heavy atom. The largest absolute Gasteiger partial charge is 0.573 e. The standard InChI is InChI=1S/C25H30F3N3O3S/c1-5-16(2)15-29-23-21(14-22(35-23)24(32)31-12-10-19(33-4)11-13-31)17(3)30-18-6-8-20(9-7-18)34-25(26,27)28/h6-9,14-15,19,30H,5,10-13H2,1-4H3/b16-15+,21-17+,29-23+. The first kappa shape index (κ1) is 26.9. The van der Waals surface area contributed by atoms with Crippen molar-refractivity contribution in [1.29, 1.82) is 0 Å². The zero-order valence-corrected chi connectivity index (χ0v) is 21.1. The summed E-state index contributed by atoms with van der Waals surface area (Å²) in [6.45, 7) is 7.15. The van der Waals surface area contributed by atoms with Crippen molar-refractivity contribution in [2.45, 2.75) is 52.5 Å². The number of alkyl halides is 3. The fourth-order valence-corrected chi connectivity index (χ4v) is 4.61. The highest BCUT2D eigenvalue weighted by Crippen LogP contribution is 2.36. The van der Waals surface area contributed by atoms with Crippen molar-refractivity contribution >= 4 is 28.4 Å². The number of amides is 1. The molecule has 0 aliphatic carbocycles. The van der Waals surface area contributed by atoms with Gasteiger partial charge in [0.1, 0.15) is 10.8 Å². The van der Waals surface area contributed by atoms with Gasteiger partial charge < -0.3 is 19.7 Å². The number of benzene rings is 1. The molecule has 2 heterocycles. The van der Waals surface area contributed by atoms with Crippen LogP contribution in [-0.2, 0) is 9.53 Å². The minimum Gasteiger partial charge on any atom is -0.406 e. The van der Waals surface area contributed by atoms with E-state index in [1.165, 1.54) is 36.0 Å². The van der Waals surface area contributed by atoms with E-state index < -0.39 is 6.36 Å². The number of aliphatic imine (C=N–C) groups is 1. The number of allylic oxidation sites excluding steroid dienone is 3. The van der Waals surface area contributed by atoms with Crippen molar-refractivity contribution in [2.75, 3.05) is 25.5 Å². The van der Waals surface area contributed by atoms with Crippen molar-refractivity contribution in [3.8, 4) is 5.75 Å². The Kier molecular flexibility index (Phi) is 9.07. The van der Waals surface area contributed by atoms with E-state index in [1.807, 2.05) is 31.7 Å². The van der Waals surface area contributed by atoms with E-state index in [-0.39, 0.29) is 17.8 Å². The number of rotatable bonds is 7. The van der Waals surface area contributed by atoms with Crippen LogP contribution in [0.2, 0.25) is 0 Å². The maximum Gasteiger partial charge on any atom is 0.573 e. The highest BCUT2D eigenvalue weighted by atomic mass is 32.2. The number of nitrogens with one attached hydrogen (secondary N) is 1. The summed E-state index contributed by atoms with van der Waals surface area (Å²) < 4.78 is 46.6. The molecule has 1 aromatic rings. The van der Waals surface area contributed by atoms with Gasteiger partial charge in [0.25, 0.3) is 5.91 Å². The van der Waals surface area contributed by atoms with Gasteiger partial charge in [-0.3, -0.25) is 4.79 Å². The zero-order chi connectivity index (χ0) is 25.6. The van der Waals surface area contributed by atoms with Crippen LogP contribution in [0, 0.1) is 0 Å². The zero-order valence-electron chi connectivity index (χ0n) is 20.2. The quantitative estimate of drug-likeness (QED) is 0.471. The molecule has 3 rings (SSSR count). The summed E-state index contributed by atoms with van der Waals surface area (Å²) >= 11 is 1.33. The molecule has 1 aromatic carbocycles. The number of hydrogen-bond donors (Lipinski definition) is 1. The molecular weight excluding hydrogens is 479 g/mol. The highest BCUT2D eigenvalue weighted by molar-refractivity contribution is 8.18. The Morgan fingerprint density at radius 2 is 1.89 bits per heavy atom. The van der Waals surface area contributed by atoms with Gasteiger partial charge in [-0.1, -0.05) is 24.3 Å². The van der Waals surface area contributed by atoms with Crippen LogP contribution in [-0.4, -0.2) is 48.5 Å². The molecule has 10 heteroatoms. The minimum absolute atomic E-state index is 0.0371. The Balaban J connectivity index is 1.83. The number of carbonyl (C=O) groups is 1. The predicted octanol–water partition coefficient (Wildman–Crippen LogP) is 6.25. The summed E-state index contributed by atoms with van der Waals surface area (Å²) in [5.41, 5.74) is 3.18. The van der Waals surface area contributed by atoms with Crippen molar-refractivity contribution in [2.24, 2.45) is 4.99 Å². The van der Waals surface area contributed by atoms with Gasteiger partial charge in [-0.25, -0.2) is 4.99 Å². The van der Waals surface area contributed by atoms with Crippen molar-refractivity contribution in [1.82, 2.24) is 4.90 Å². The summed E-state index contributed by atoms with van der Waals surface area (Å²) in [7, 11) is 1.69. The molecule has 0 saturated carbocycles. The van der Waals surface area contributed by atoms with E-state index in [2.05, 4.69) is 15.0 Å². The monoisotopic (exact) mass is 509 g/mol. The number of carbonyl (C=O) groups excluding carboxylic acids is 1. The van der Waals surface area contributed by atoms with Gasteiger partial charge in [0.15, 0.2) is 0 Å². The van der Waals surface area contributed by atoms with E-state index >= 15 is 0 Å². The number of anilines is 1. The van der Waals surface area contributed by atoms with Crippen molar-refractivity contribution in [3.63, 3.8) is 0 Å². The Hall–Kier alpha value is -2.72. The molecular formula is C25H30F3N3O3S. The van der Waals surface area contributed by atoms with E-state index in [4.69, 9.17) is 4.74 Å². The number of ether oxygens (including phenoxy) is 2. The van der Waals surface area contributed by atoms with Gasteiger partial charge in [0.2, 0.25) is 0 Å². The smallest absolute Gasteiger partial charge is 0.406 e. The summed E-state index contributed by atoms with van der Waals surface area (Å²) in [4.78, 5) is 20.2. The topological polar surface area (TPSA) is 63.2 Å². The molecule has 190 valence electrons. The first-order chi connectivity index (χ1) is 16.6. The third-order valence-corrected chi connectivity index (χ3v) is 6.80. The molecule has 1 fully saturated rings. The van der Waals surface area contributed by atoms with Gasteiger partial charge in [-0.2, -0.15) is 0 Å². The molecule has 1 N–H and O–H groups in total. The van der Waals surface area contributed by atoms with Crippen LogP contribution in [0.4, 0.5) is 18.9 Å². The molecule has 0 bridgehead atoms. The van der Waals surface area contributed by atoms with Crippen LogP contribution in [0.15, 0.2) is 63.3 Å². The second-order valence-electron chi connectivity index (χ2n) is 8.34. The van der Waals surface area contributed by atoms with Crippen molar-refractivity contribution < 1.29 is 27.4 Å². The molecule has 2 aliphatic rings. The number of halogens is 3. The summed E-state index contributed by atoms with van der Waals surface area (Å²) in [6.07, 6.45) is 1.52. The maximum absolute atomic E-state index is 13.2. The van der Waals surface area contributed by atoms with Crippen LogP contribution >= 0.6 is 11.8 Å². The second-order valence-corrected chi connectivity index (χ2v) is 9.37. The molecule has 0 radical (unpaired) electrons. The summed E-state index contributed by atoms with van der Waals surface area (Å²) in [5, 5.41) is 3.89. The lowest BCUT2D eigenvalue weighted by molar-refractivity contribution is -0.274. The maximum atomic E-state index is 13.2. The number of nitrogens with zero attached hydrogens (tertiary/aromatic N) is 2. The molecule has 6 nitrogen and oxygen atoms in total. The van der Waals surface area contributed by atoms with E-state index in [1.54, 1.807) is 13.3 Å². The Labute approximate surface area is 207 Å². The average Bonchev–Trinajstić information content (AvgIpc) is 3.27. The highest BCUT2D eigenvalue weighted by Gasteiger charge is 2.32. The third-order valence-electron chi connectivity index (χ3n) is 5.77. The van der Waals surface area contributed by atoms with E-state index in [0.29, 0.717) is 28.7 Å². The lowest BCUT2D eigenvalue weighted by Gasteiger charge is -2.31. The van der Waals surface area contributed by atoms with Crippen LogP contribution in [0.3, 0.4) is 0 Å². The normalized spacial score (nSPS) is 20.2. The SMILES string of the molecule is CC/C(C)=C/N=C1/SC(C(=O)N2CCC(OC)CC2)=C/C1=C(/C)Nc1ccc(OC(F)(F)F)cc1. The lowest BCUT2D eigenvalue weighted by atomic mass is 10.1. The summed E-state index contributed by atoms with van der Waals surface area (Å²) in [5.74, 6) is -0.331. The molecule has 35 heavy (non-hydrogen) atoms. The number of methoxy groups -OCH3 is 1. The van der Waals surface area contributed by atoms with E-state index in [0.717, 1.165) is 36.1 Å². The first-order valence-corrected chi connectivity index (χ1v) is 12.2. The van der Waals surface area contributed by atoms with Crippen LogP contribution in [0.1, 0.15) is 40.0 Å². The number of hydrogen-bond acceptors (Lipinski definition) is 6. The molecule has 2 aliphatic heterocycles. The Bertz CT molecular complexity index is 1040. The fourth-order valence-electron chi connectivity index (χ4n) is 3.59. The molecule has 0 atom stereocenters. The molecule has 0 aromatic heterocycles. The van der Waals surface area contributed by atoms with Gasteiger partial charge in [0.05, 0.1) is 11.0 Å². The van der Waals surface area contributed by atoms with Gasteiger partial charge in [0, 0.05) is 43.4 Å². The second kappa shape index (κ2) is 11.8. The summed E-state index contributed by atoms with van der Waals surface area (Å²) in [6, 6.07) is 5.49. The van der Waals surface area contributed by atoms with E-state index in [9.17, 15) is 18.0 Å². The van der Waals surface area contributed by atoms with Gasteiger partial charge in [-0.05, 0) is 63.5 Å². The first-order valence-electron chi connectivity index (χ1n) is 11.4. The van der Waals surface area contributed by atoms with Crippen molar-refractivity contribution in [3.05, 3.63) is 58.3 Å². The van der Waals surface area contributed by atoms with Crippen LogP contribution in [0.5, 0.6) is 5.75 Å².